The molecule has 0 heterocycles. The third kappa shape index (κ3) is 5.50. The summed E-state index contributed by atoms with van der Waals surface area (Å²) in [7, 11) is 3.01. The predicted octanol–water partition coefficient (Wildman–Crippen LogP) is 6.97. The fourth-order valence-electron chi connectivity index (χ4n) is 4.79. The van der Waals surface area contributed by atoms with Crippen molar-refractivity contribution in [1.82, 2.24) is 0 Å². The molecule has 0 fully saturated rings. The van der Waals surface area contributed by atoms with E-state index in [2.05, 4.69) is 39.0 Å². The van der Waals surface area contributed by atoms with Crippen LogP contribution in [0.5, 0.6) is 11.5 Å². The average molecular weight is 477 g/mol. The molecule has 4 rings (SSSR count). The first kappa shape index (κ1) is 24.8. The van der Waals surface area contributed by atoms with E-state index >= 15 is 0 Å². The van der Waals surface area contributed by atoms with Crippen molar-refractivity contribution < 1.29 is 23.4 Å². The van der Waals surface area contributed by atoms with Crippen molar-refractivity contribution in [3.63, 3.8) is 0 Å². The lowest BCUT2D eigenvalue weighted by Crippen LogP contribution is -2.14. The first-order valence-corrected chi connectivity index (χ1v) is 12.0. The molecule has 1 atom stereocenters. The molecule has 0 aromatic heterocycles. The molecule has 0 N–H and O–H groups in total. The number of aryl methyl sites for hydroxylation is 1. The molecule has 0 amide bonds. The molecule has 1 unspecified atom stereocenters. The quantitative estimate of drug-likeness (QED) is 0.346. The lowest BCUT2D eigenvalue weighted by molar-refractivity contribution is -0.141. The number of ether oxygens (including phenoxy) is 3. The van der Waals surface area contributed by atoms with E-state index in [0.717, 1.165) is 35.3 Å². The number of carbonyl (C=O) groups is 1. The number of hydrogen-bond acceptors (Lipinski definition) is 4. The van der Waals surface area contributed by atoms with Crippen LogP contribution in [0.2, 0.25) is 0 Å². The van der Waals surface area contributed by atoms with E-state index < -0.39 is 0 Å². The lowest BCUT2D eigenvalue weighted by Gasteiger charge is -2.24. The van der Waals surface area contributed by atoms with Crippen LogP contribution >= 0.6 is 0 Å². The summed E-state index contributed by atoms with van der Waals surface area (Å²) >= 11 is 0. The minimum absolute atomic E-state index is 0.172. The second-order valence-corrected chi connectivity index (χ2v) is 10.1. The Kier molecular flexibility index (Phi) is 7.15. The van der Waals surface area contributed by atoms with Gasteiger partial charge in [-0.05, 0) is 82.3 Å². The Labute approximate surface area is 207 Å². The van der Waals surface area contributed by atoms with Gasteiger partial charge in [-0.25, -0.2) is 4.39 Å². The van der Waals surface area contributed by atoms with Crippen LogP contribution in [-0.4, -0.2) is 20.2 Å². The zero-order valence-electron chi connectivity index (χ0n) is 21.1. The van der Waals surface area contributed by atoms with E-state index in [1.54, 1.807) is 19.2 Å². The van der Waals surface area contributed by atoms with Gasteiger partial charge in [-0.3, -0.25) is 4.79 Å². The van der Waals surface area contributed by atoms with Gasteiger partial charge in [0.05, 0.1) is 20.6 Å². The number of carbonyl (C=O) groups excluding carboxylic acids is 1. The molecule has 0 saturated heterocycles. The highest BCUT2D eigenvalue weighted by Gasteiger charge is 2.26. The molecule has 3 aromatic rings. The monoisotopic (exact) mass is 476 g/mol. The number of hydrogen-bond donors (Lipinski definition) is 0. The number of fused-ring (bicyclic) bond motifs is 1. The first-order chi connectivity index (χ1) is 16.7. The summed E-state index contributed by atoms with van der Waals surface area (Å²) in [6.45, 7) is 6.76. The molecular formula is C30H33FO4. The van der Waals surface area contributed by atoms with Crippen molar-refractivity contribution in [3.05, 3.63) is 82.7 Å². The maximum absolute atomic E-state index is 14.8. The third-order valence-corrected chi connectivity index (χ3v) is 6.72. The maximum atomic E-state index is 14.8. The molecule has 1 aliphatic rings. The number of esters is 1. The second kappa shape index (κ2) is 10.1. The molecule has 0 aliphatic heterocycles. The summed E-state index contributed by atoms with van der Waals surface area (Å²) in [5, 5.41) is 0. The summed E-state index contributed by atoms with van der Waals surface area (Å²) in [6, 6.07) is 17.0. The van der Waals surface area contributed by atoms with Crippen LogP contribution < -0.4 is 9.47 Å². The Bertz CT molecular complexity index is 1230. The summed E-state index contributed by atoms with van der Waals surface area (Å²) in [5.74, 6) is 1.11. The minimum Gasteiger partial charge on any atom is -0.497 e. The fraction of sp³-hybridized carbons (Fsp3) is 0.367. The van der Waals surface area contributed by atoms with E-state index in [-0.39, 0.29) is 23.1 Å². The number of benzene rings is 3. The largest absolute Gasteiger partial charge is 0.497 e. The Morgan fingerprint density at radius 3 is 2.46 bits per heavy atom. The van der Waals surface area contributed by atoms with Crippen molar-refractivity contribution in [3.8, 4) is 22.6 Å². The molecule has 1 aliphatic carbocycles. The van der Waals surface area contributed by atoms with Gasteiger partial charge >= 0.3 is 5.97 Å². The summed E-state index contributed by atoms with van der Waals surface area (Å²) in [4.78, 5) is 11.8. The number of rotatable bonds is 7. The Balaban J connectivity index is 1.58. The van der Waals surface area contributed by atoms with E-state index in [4.69, 9.17) is 14.2 Å². The second-order valence-electron chi connectivity index (χ2n) is 10.1. The molecule has 0 bridgehead atoms. The van der Waals surface area contributed by atoms with E-state index in [1.165, 1.54) is 24.3 Å². The normalized spacial score (nSPS) is 15.0. The zero-order chi connectivity index (χ0) is 25.2. The van der Waals surface area contributed by atoms with Crippen molar-refractivity contribution >= 4 is 5.97 Å². The smallest absolute Gasteiger partial charge is 0.306 e. The van der Waals surface area contributed by atoms with Crippen molar-refractivity contribution in [2.24, 2.45) is 0 Å². The molecule has 0 radical (unpaired) electrons. The van der Waals surface area contributed by atoms with Gasteiger partial charge in [-0.1, -0.05) is 45.0 Å². The van der Waals surface area contributed by atoms with Crippen LogP contribution in [0.4, 0.5) is 4.39 Å². The molecule has 35 heavy (non-hydrogen) atoms. The highest BCUT2D eigenvalue weighted by molar-refractivity contribution is 5.72. The average Bonchev–Trinajstić information content (AvgIpc) is 3.24. The van der Waals surface area contributed by atoms with Gasteiger partial charge in [-0.2, -0.15) is 0 Å². The summed E-state index contributed by atoms with van der Waals surface area (Å²) in [6.07, 6.45) is 2.31. The Morgan fingerprint density at radius 1 is 0.971 bits per heavy atom. The van der Waals surface area contributed by atoms with Gasteiger partial charge in [0.1, 0.15) is 23.9 Å². The topological polar surface area (TPSA) is 44.8 Å². The van der Waals surface area contributed by atoms with E-state index in [9.17, 15) is 9.18 Å². The highest BCUT2D eigenvalue weighted by atomic mass is 19.1. The Hall–Kier alpha value is -3.34. The SMILES string of the molecule is COC(=O)CC1CCc2ccc(OCc3ccc(-c4cc(OC)ccc4F)c(C(C)(C)C)c3)cc21. The number of halogens is 1. The van der Waals surface area contributed by atoms with Crippen LogP contribution in [0.1, 0.15) is 61.8 Å². The minimum atomic E-state index is -0.278. The third-order valence-electron chi connectivity index (χ3n) is 6.72. The van der Waals surface area contributed by atoms with Gasteiger partial charge in [0, 0.05) is 5.56 Å². The highest BCUT2D eigenvalue weighted by Crippen LogP contribution is 2.39. The van der Waals surface area contributed by atoms with Gasteiger partial charge in [0.25, 0.3) is 0 Å². The molecule has 3 aromatic carbocycles. The summed E-state index contributed by atoms with van der Waals surface area (Å²) in [5.41, 5.74) is 5.66. The lowest BCUT2D eigenvalue weighted by atomic mass is 9.81. The molecule has 0 saturated carbocycles. The predicted molar refractivity (Wildman–Crippen MR) is 136 cm³/mol. The zero-order valence-corrected chi connectivity index (χ0v) is 21.1. The van der Waals surface area contributed by atoms with Gasteiger partial charge in [0.15, 0.2) is 0 Å². The maximum Gasteiger partial charge on any atom is 0.306 e. The van der Waals surface area contributed by atoms with Crippen LogP contribution in [0, 0.1) is 5.82 Å². The molecule has 5 heteroatoms. The van der Waals surface area contributed by atoms with E-state index in [0.29, 0.717) is 24.3 Å². The molecule has 184 valence electrons. The van der Waals surface area contributed by atoms with E-state index in [1.807, 2.05) is 18.2 Å². The van der Waals surface area contributed by atoms with Gasteiger partial charge < -0.3 is 14.2 Å². The first-order valence-electron chi connectivity index (χ1n) is 12.0. The van der Waals surface area contributed by atoms with Crippen LogP contribution in [0.25, 0.3) is 11.1 Å². The standard InChI is InChI=1S/C30H33FO4/c1-30(2,3)27-14-19(6-12-24(27)26-16-22(33-4)11-13-28(26)31)18-35-23-10-9-20-7-8-21(25(20)17-23)15-29(32)34-5/h6,9-14,16-17,21H,7-8,15,18H2,1-5H3. The molecule has 4 nitrogen and oxygen atoms in total. The van der Waals surface area contributed by atoms with Crippen LogP contribution in [-0.2, 0) is 28.0 Å². The fourth-order valence-corrected chi connectivity index (χ4v) is 4.79. The van der Waals surface area contributed by atoms with Crippen LogP contribution in [0.3, 0.4) is 0 Å². The van der Waals surface area contributed by atoms with Crippen molar-refractivity contribution in [2.75, 3.05) is 14.2 Å². The Morgan fingerprint density at radius 2 is 1.74 bits per heavy atom. The summed E-state index contributed by atoms with van der Waals surface area (Å²) < 4.78 is 31.1. The van der Waals surface area contributed by atoms with Crippen molar-refractivity contribution in [1.29, 1.82) is 0 Å². The number of methoxy groups -OCH3 is 2. The van der Waals surface area contributed by atoms with Gasteiger partial charge in [0.2, 0.25) is 0 Å². The molecular weight excluding hydrogens is 443 g/mol. The molecule has 0 spiro atoms. The van der Waals surface area contributed by atoms with Crippen molar-refractivity contribution in [2.45, 2.75) is 58.0 Å². The van der Waals surface area contributed by atoms with Gasteiger partial charge in [-0.15, -0.1) is 0 Å². The van der Waals surface area contributed by atoms with Crippen LogP contribution in [0.15, 0.2) is 54.6 Å².